The summed E-state index contributed by atoms with van der Waals surface area (Å²) in [6, 6.07) is 9.31. The molecule has 10 heteroatoms. The number of imide groups is 1. The second-order valence-corrected chi connectivity index (χ2v) is 6.71. The zero-order valence-corrected chi connectivity index (χ0v) is 16.3. The molecule has 2 atom stereocenters. The first-order valence-corrected chi connectivity index (χ1v) is 8.97. The van der Waals surface area contributed by atoms with Crippen molar-refractivity contribution < 1.29 is 28.8 Å². The lowest BCUT2D eigenvalue weighted by Crippen LogP contribution is -2.33. The summed E-state index contributed by atoms with van der Waals surface area (Å²) in [5.74, 6) is -1.42. The average Bonchev–Trinajstić information content (AvgIpc) is 3.27. The van der Waals surface area contributed by atoms with E-state index in [4.69, 9.17) is 14.3 Å². The Kier molecular flexibility index (Phi) is 4.61. The van der Waals surface area contributed by atoms with Crippen LogP contribution in [0.5, 0.6) is 11.5 Å². The van der Waals surface area contributed by atoms with Crippen LogP contribution in [0.2, 0.25) is 0 Å². The van der Waals surface area contributed by atoms with Crippen molar-refractivity contribution in [2.75, 3.05) is 19.1 Å². The third kappa shape index (κ3) is 2.68. The van der Waals surface area contributed by atoms with Gasteiger partial charge in [0.2, 0.25) is 12.0 Å². The molecule has 0 aromatic heterocycles. The van der Waals surface area contributed by atoms with Gasteiger partial charge in [-0.2, -0.15) is 0 Å². The quantitative estimate of drug-likeness (QED) is 0.420. The van der Waals surface area contributed by atoms with Crippen LogP contribution in [0.25, 0.3) is 0 Å². The molecule has 10 nitrogen and oxygen atoms in total. The minimum atomic E-state index is -1.15. The highest BCUT2D eigenvalue weighted by Gasteiger charge is 2.57. The summed E-state index contributed by atoms with van der Waals surface area (Å²) < 4.78 is 10.7. The Bertz CT molecular complexity index is 1110. The number of nitro groups is 1. The highest BCUT2D eigenvalue weighted by Crippen LogP contribution is 2.41. The Morgan fingerprint density at radius 3 is 2.50 bits per heavy atom. The topological polar surface area (TPSA) is 121 Å². The van der Waals surface area contributed by atoms with Crippen molar-refractivity contribution in [3.63, 3.8) is 0 Å². The largest absolute Gasteiger partial charge is 0.493 e. The Morgan fingerprint density at radius 2 is 1.83 bits per heavy atom. The smallest absolute Gasteiger partial charge is 0.278 e. The summed E-state index contributed by atoms with van der Waals surface area (Å²) in [6.07, 6.45) is -1.15. The van der Waals surface area contributed by atoms with E-state index in [1.54, 1.807) is 18.2 Å². The van der Waals surface area contributed by atoms with Gasteiger partial charge in [-0.05, 0) is 25.1 Å². The molecule has 2 heterocycles. The maximum atomic E-state index is 13.3. The summed E-state index contributed by atoms with van der Waals surface area (Å²) in [6.45, 7) is 1.49. The third-order valence-corrected chi connectivity index (χ3v) is 5.21. The molecule has 0 saturated carbocycles. The second-order valence-electron chi connectivity index (χ2n) is 6.71. The summed E-state index contributed by atoms with van der Waals surface area (Å²) in [7, 11) is 2.93. The second kappa shape index (κ2) is 7.14. The van der Waals surface area contributed by atoms with Gasteiger partial charge in [0, 0.05) is 11.6 Å². The normalized spacial score (nSPS) is 20.0. The molecule has 2 aromatic rings. The number of para-hydroxylation sites is 1. The number of nitro benzene ring substituents is 1. The van der Waals surface area contributed by atoms with Crippen molar-refractivity contribution in [3.05, 3.63) is 57.6 Å². The Balaban J connectivity index is 1.77. The summed E-state index contributed by atoms with van der Waals surface area (Å²) >= 11 is 0. The lowest BCUT2D eigenvalue weighted by molar-refractivity contribution is -0.385. The summed E-state index contributed by atoms with van der Waals surface area (Å²) in [5.41, 5.74) is 0.869. The maximum Gasteiger partial charge on any atom is 0.278 e. The van der Waals surface area contributed by atoms with Gasteiger partial charge in [-0.15, -0.1) is 0 Å². The van der Waals surface area contributed by atoms with Crippen molar-refractivity contribution in [2.45, 2.75) is 13.0 Å². The van der Waals surface area contributed by atoms with Gasteiger partial charge in [0.05, 0.1) is 30.4 Å². The van der Waals surface area contributed by atoms with Gasteiger partial charge in [-0.1, -0.05) is 17.3 Å². The van der Waals surface area contributed by atoms with Crippen LogP contribution < -0.4 is 14.4 Å². The SMILES string of the molecule is COc1cccc(C2=NO[C@@H]3C(=O)N(c4cccc([N+](=O)[O-])c4C)C(=O)[C@@H]23)c1OC. The van der Waals surface area contributed by atoms with Crippen molar-refractivity contribution >= 4 is 28.9 Å². The summed E-state index contributed by atoms with van der Waals surface area (Å²) in [4.78, 5) is 43.2. The van der Waals surface area contributed by atoms with Gasteiger partial charge < -0.3 is 14.3 Å². The molecular weight excluding hydrogens is 394 g/mol. The van der Waals surface area contributed by atoms with Crippen molar-refractivity contribution in [2.24, 2.45) is 11.1 Å². The highest BCUT2D eigenvalue weighted by molar-refractivity contribution is 6.33. The molecule has 4 rings (SSSR count). The number of nitrogens with zero attached hydrogens (tertiary/aromatic N) is 3. The van der Waals surface area contributed by atoms with Crippen LogP contribution in [0.15, 0.2) is 41.6 Å². The molecule has 2 aromatic carbocycles. The Hall–Kier alpha value is -3.95. The van der Waals surface area contributed by atoms with Crippen LogP contribution in [0.1, 0.15) is 11.1 Å². The predicted molar refractivity (Wildman–Crippen MR) is 105 cm³/mol. The number of carbonyl (C=O) groups excluding carboxylic acids is 2. The molecule has 1 fully saturated rings. The number of ether oxygens (including phenoxy) is 2. The first-order chi connectivity index (χ1) is 14.4. The Labute approximate surface area is 170 Å². The average molecular weight is 411 g/mol. The van der Waals surface area contributed by atoms with E-state index in [0.29, 0.717) is 17.1 Å². The van der Waals surface area contributed by atoms with E-state index < -0.39 is 28.8 Å². The molecule has 0 radical (unpaired) electrons. The number of amides is 2. The minimum absolute atomic E-state index is 0.147. The van der Waals surface area contributed by atoms with Crippen molar-refractivity contribution in [1.29, 1.82) is 0 Å². The minimum Gasteiger partial charge on any atom is -0.493 e. The molecule has 154 valence electrons. The predicted octanol–water partition coefficient (Wildman–Crippen LogP) is 2.21. The van der Waals surface area contributed by atoms with Gasteiger partial charge in [0.1, 0.15) is 11.6 Å². The van der Waals surface area contributed by atoms with E-state index in [1.807, 2.05) is 0 Å². The van der Waals surface area contributed by atoms with E-state index in [1.165, 1.54) is 39.3 Å². The molecule has 2 aliphatic heterocycles. The first-order valence-electron chi connectivity index (χ1n) is 8.97. The van der Waals surface area contributed by atoms with Gasteiger partial charge >= 0.3 is 0 Å². The highest BCUT2D eigenvalue weighted by atomic mass is 16.7. The van der Waals surface area contributed by atoms with Crippen LogP contribution in [0.4, 0.5) is 11.4 Å². The lowest BCUT2D eigenvalue weighted by Gasteiger charge is -2.18. The van der Waals surface area contributed by atoms with E-state index in [9.17, 15) is 19.7 Å². The zero-order chi connectivity index (χ0) is 21.6. The summed E-state index contributed by atoms with van der Waals surface area (Å²) in [5, 5.41) is 15.2. The van der Waals surface area contributed by atoms with E-state index >= 15 is 0 Å². The number of fused-ring (bicyclic) bond motifs is 1. The number of carbonyl (C=O) groups is 2. The van der Waals surface area contributed by atoms with Gasteiger partial charge in [-0.25, -0.2) is 4.90 Å². The number of rotatable bonds is 5. The van der Waals surface area contributed by atoms with Gasteiger partial charge in [0.15, 0.2) is 11.5 Å². The monoisotopic (exact) mass is 411 g/mol. The molecule has 0 aliphatic carbocycles. The van der Waals surface area contributed by atoms with Crippen LogP contribution in [0, 0.1) is 23.0 Å². The van der Waals surface area contributed by atoms with Crippen LogP contribution in [0.3, 0.4) is 0 Å². The van der Waals surface area contributed by atoms with E-state index in [2.05, 4.69) is 5.16 Å². The molecule has 1 saturated heterocycles. The molecule has 0 unspecified atom stereocenters. The standard InChI is InChI=1S/C20H17N3O7/c1-10-12(7-5-8-13(10)23(26)27)22-19(24)15-16(21-30-18(15)20(22)25)11-6-4-9-14(28-2)17(11)29-3/h4-9,15,18H,1-3H3/t15-,18-/m0/s1. The molecule has 0 spiro atoms. The molecule has 2 aliphatic rings. The van der Waals surface area contributed by atoms with Crippen molar-refractivity contribution in [3.8, 4) is 11.5 Å². The zero-order valence-electron chi connectivity index (χ0n) is 16.3. The number of hydrogen-bond acceptors (Lipinski definition) is 8. The maximum absolute atomic E-state index is 13.3. The molecule has 0 N–H and O–H groups in total. The van der Waals surface area contributed by atoms with Crippen LogP contribution in [-0.2, 0) is 14.4 Å². The number of oxime groups is 1. The van der Waals surface area contributed by atoms with Gasteiger partial charge in [-0.3, -0.25) is 19.7 Å². The molecular formula is C20H17N3O7. The fourth-order valence-electron chi connectivity index (χ4n) is 3.78. The van der Waals surface area contributed by atoms with Crippen LogP contribution in [-0.4, -0.2) is 42.8 Å². The molecule has 30 heavy (non-hydrogen) atoms. The van der Waals surface area contributed by atoms with E-state index in [-0.39, 0.29) is 22.6 Å². The molecule has 2 amide bonds. The number of anilines is 1. The Morgan fingerprint density at radius 1 is 1.10 bits per heavy atom. The fourth-order valence-corrected chi connectivity index (χ4v) is 3.78. The number of methoxy groups -OCH3 is 2. The van der Waals surface area contributed by atoms with E-state index in [0.717, 1.165) is 4.90 Å². The fraction of sp³-hybridized carbons (Fsp3) is 0.250. The first kappa shape index (κ1) is 19.4. The number of benzene rings is 2. The van der Waals surface area contributed by atoms with Crippen molar-refractivity contribution in [1.82, 2.24) is 0 Å². The third-order valence-electron chi connectivity index (χ3n) is 5.21. The van der Waals surface area contributed by atoms with Crippen LogP contribution >= 0.6 is 0 Å². The molecule has 0 bridgehead atoms. The lowest BCUT2D eigenvalue weighted by atomic mass is 9.93. The number of hydrogen-bond donors (Lipinski definition) is 0. The van der Waals surface area contributed by atoms with Gasteiger partial charge in [0.25, 0.3) is 11.6 Å².